The zero-order valence-corrected chi connectivity index (χ0v) is 17.2. The van der Waals surface area contributed by atoms with Crippen molar-refractivity contribution in [1.29, 1.82) is 0 Å². The molecule has 7 nitrogen and oxygen atoms in total. The maximum atomic E-state index is 12.9. The van der Waals surface area contributed by atoms with Crippen molar-refractivity contribution in [3.8, 4) is 0 Å². The van der Waals surface area contributed by atoms with Crippen molar-refractivity contribution in [2.75, 3.05) is 26.2 Å². The molecular weight excluding hydrogens is 404 g/mol. The van der Waals surface area contributed by atoms with E-state index >= 15 is 0 Å². The molecule has 1 N–H and O–H groups in total. The molecule has 2 amide bonds. The van der Waals surface area contributed by atoms with E-state index in [2.05, 4.69) is 14.9 Å². The number of carbonyl (C=O) groups is 3. The molecule has 154 valence electrons. The third kappa shape index (κ3) is 3.18. The van der Waals surface area contributed by atoms with Gasteiger partial charge in [0.2, 0.25) is 0 Å². The first-order valence-electron chi connectivity index (χ1n) is 10.2. The molecule has 0 unspecified atom stereocenters. The number of Topliss-reactive ketones (excluding diaryl/α,β-unsaturated/α-hetero) is 1. The number of hydrogen-bond donors (Lipinski definition) is 1. The van der Waals surface area contributed by atoms with Crippen LogP contribution in [0.1, 0.15) is 52.2 Å². The van der Waals surface area contributed by atoms with Crippen molar-refractivity contribution >= 4 is 45.8 Å². The van der Waals surface area contributed by atoms with Crippen molar-refractivity contribution < 1.29 is 14.4 Å². The summed E-state index contributed by atoms with van der Waals surface area (Å²) in [6, 6.07) is 3.28. The van der Waals surface area contributed by atoms with Crippen LogP contribution in [0.4, 0.5) is 0 Å². The predicted octanol–water partition coefficient (Wildman–Crippen LogP) is 3.12. The maximum absolute atomic E-state index is 12.9. The summed E-state index contributed by atoms with van der Waals surface area (Å²) >= 11 is 6.20. The summed E-state index contributed by atoms with van der Waals surface area (Å²) in [4.78, 5) is 49.2. The number of halogens is 1. The number of aromatic amines is 1. The van der Waals surface area contributed by atoms with Crippen LogP contribution in [0.15, 0.2) is 29.3 Å². The maximum Gasteiger partial charge on any atom is 0.261 e. The molecule has 0 radical (unpaired) electrons. The number of imide groups is 1. The molecule has 2 aliphatic heterocycles. The van der Waals surface area contributed by atoms with Gasteiger partial charge < -0.3 is 9.88 Å². The normalized spacial score (nSPS) is 19.6. The highest BCUT2D eigenvalue weighted by atomic mass is 35.5. The van der Waals surface area contributed by atoms with E-state index in [-0.39, 0.29) is 24.0 Å². The standard InChI is InChI=1S/C22H21ClN4O3/c23-15-5-3-6-18(28)19(15)20-24-16-11-13-14(12-17(16)25-20)22(30)27(21(13)29)10-4-9-26-7-1-2-8-26/h3,5,11-12H,1-2,4,6-10H2,(H,24,25). The third-order valence-corrected chi connectivity index (χ3v) is 6.26. The van der Waals surface area contributed by atoms with Gasteiger partial charge >= 0.3 is 0 Å². The second-order valence-electron chi connectivity index (χ2n) is 7.92. The van der Waals surface area contributed by atoms with Crippen LogP contribution in [0.5, 0.6) is 0 Å². The van der Waals surface area contributed by atoms with Crippen LogP contribution in [-0.4, -0.2) is 63.5 Å². The number of carbonyl (C=O) groups excluding carboxylic acids is 3. The molecule has 8 heteroatoms. The zero-order valence-electron chi connectivity index (χ0n) is 16.4. The van der Waals surface area contributed by atoms with Crippen LogP contribution >= 0.6 is 11.6 Å². The number of benzene rings is 1. The number of nitrogens with zero attached hydrogens (tertiary/aromatic N) is 3. The number of likely N-dealkylation sites (tertiary alicyclic amines) is 1. The average Bonchev–Trinajstić information content (AvgIpc) is 3.42. The minimum Gasteiger partial charge on any atom is -0.338 e. The molecule has 30 heavy (non-hydrogen) atoms. The molecule has 5 rings (SSSR count). The molecule has 1 aliphatic carbocycles. The van der Waals surface area contributed by atoms with Gasteiger partial charge in [0.15, 0.2) is 5.78 Å². The molecule has 3 aliphatic rings. The monoisotopic (exact) mass is 424 g/mol. The summed E-state index contributed by atoms with van der Waals surface area (Å²) in [7, 11) is 0. The van der Waals surface area contributed by atoms with Crippen molar-refractivity contribution in [3.63, 3.8) is 0 Å². The Balaban J connectivity index is 1.40. The van der Waals surface area contributed by atoms with Crippen molar-refractivity contribution in [1.82, 2.24) is 19.8 Å². The van der Waals surface area contributed by atoms with Gasteiger partial charge in [0.25, 0.3) is 11.8 Å². The van der Waals surface area contributed by atoms with E-state index in [4.69, 9.17) is 11.6 Å². The van der Waals surface area contributed by atoms with Crippen LogP contribution in [0, 0.1) is 0 Å². The number of H-pyrrole nitrogens is 1. The van der Waals surface area contributed by atoms with Gasteiger partial charge in [-0.2, -0.15) is 0 Å². The number of rotatable bonds is 5. The van der Waals surface area contributed by atoms with E-state index in [1.807, 2.05) is 0 Å². The molecule has 0 bridgehead atoms. The number of allylic oxidation sites excluding steroid dienone is 4. The third-order valence-electron chi connectivity index (χ3n) is 5.95. The largest absolute Gasteiger partial charge is 0.338 e. The van der Waals surface area contributed by atoms with E-state index < -0.39 is 0 Å². The quantitative estimate of drug-likeness (QED) is 0.745. The van der Waals surface area contributed by atoms with Crippen LogP contribution in [0.25, 0.3) is 16.6 Å². The smallest absolute Gasteiger partial charge is 0.261 e. The molecule has 0 saturated carbocycles. The number of aromatic nitrogens is 2. The van der Waals surface area contributed by atoms with Gasteiger partial charge in [-0.25, -0.2) is 4.98 Å². The number of fused-ring (bicyclic) bond motifs is 2. The molecule has 2 aromatic rings. The molecule has 0 atom stereocenters. The minimum absolute atomic E-state index is 0.120. The summed E-state index contributed by atoms with van der Waals surface area (Å²) in [6.07, 6.45) is 6.87. The van der Waals surface area contributed by atoms with Gasteiger partial charge in [-0.05, 0) is 57.1 Å². The van der Waals surface area contributed by atoms with Gasteiger partial charge in [-0.15, -0.1) is 0 Å². The Morgan fingerprint density at radius 2 is 1.77 bits per heavy atom. The Hall–Kier alpha value is -2.77. The second kappa shape index (κ2) is 7.49. The Morgan fingerprint density at radius 3 is 2.50 bits per heavy atom. The topological polar surface area (TPSA) is 86.4 Å². The highest BCUT2D eigenvalue weighted by molar-refractivity contribution is 6.41. The lowest BCUT2D eigenvalue weighted by atomic mass is 10.0. The fourth-order valence-electron chi connectivity index (χ4n) is 4.41. The number of imidazole rings is 1. The average molecular weight is 425 g/mol. The van der Waals surface area contributed by atoms with Gasteiger partial charge in [0, 0.05) is 13.0 Å². The lowest BCUT2D eigenvalue weighted by Gasteiger charge is -2.17. The van der Waals surface area contributed by atoms with Crippen molar-refractivity contribution in [2.45, 2.75) is 25.7 Å². The Kier molecular flexibility index (Phi) is 4.79. The van der Waals surface area contributed by atoms with Crippen LogP contribution in [-0.2, 0) is 4.79 Å². The summed E-state index contributed by atoms with van der Waals surface area (Å²) in [5.74, 6) is -0.319. The summed E-state index contributed by atoms with van der Waals surface area (Å²) < 4.78 is 0. The number of amides is 2. The first-order chi connectivity index (χ1) is 14.5. The highest BCUT2D eigenvalue weighted by Gasteiger charge is 2.36. The Labute approximate surface area is 178 Å². The fraction of sp³-hybridized carbons (Fsp3) is 0.364. The van der Waals surface area contributed by atoms with Gasteiger partial charge in [-0.1, -0.05) is 17.7 Å². The SMILES string of the molecule is O=C1CC=CC(Cl)=C1c1nc2cc3c(cc2[nH]1)C(=O)N(CCCN1CCCC1)C3=O. The molecule has 1 aromatic heterocycles. The number of nitrogens with one attached hydrogen (secondary N) is 1. The molecule has 1 fully saturated rings. The van der Waals surface area contributed by atoms with E-state index in [1.165, 1.54) is 17.7 Å². The molecular formula is C22H21ClN4O3. The van der Waals surface area contributed by atoms with Crippen LogP contribution in [0.3, 0.4) is 0 Å². The van der Waals surface area contributed by atoms with Gasteiger partial charge in [-0.3, -0.25) is 19.3 Å². The van der Waals surface area contributed by atoms with E-state index in [9.17, 15) is 14.4 Å². The van der Waals surface area contributed by atoms with Gasteiger partial charge in [0.1, 0.15) is 5.82 Å². The fourth-order valence-corrected chi connectivity index (χ4v) is 4.69. The van der Waals surface area contributed by atoms with E-state index in [1.54, 1.807) is 24.3 Å². The molecule has 0 spiro atoms. The Bertz CT molecular complexity index is 1090. The molecule has 1 saturated heterocycles. The lowest BCUT2D eigenvalue weighted by Crippen LogP contribution is -2.33. The molecule has 3 heterocycles. The van der Waals surface area contributed by atoms with Crippen molar-refractivity contribution in [3.05, 3.63) is 46.3 Å². The van der Waals surface area contributed by atoms with Crippen molar-refractivity contribution in [2.24, 2.45) is 0 Å². The lowest BCUT2D eigenvalue weighted by molar-refractivity contribution is -0.113. The first-order valence-corrected chi connectivity index (χ1v) is 10.6. The minimum atomic E-state index is -0.281. The zero-order chi connectivity index (χ0) is 20.8. The highest BCUT2D eigenvalue weighted by Crippen LogP contribution is 2.31. The van der Waals surface area contributed by atoms with Crippen LogP contribution < -0.4 is 0 Å². The summed E-state index contributed by atoms with van der Waals surface area (Å²) in [5.41, 5.74) is 2.20. The molecule has 1 aromatic carbocycles. The Morgan fingerprint density at radius 1 is 1.03 bits per heavy atom. The van der Waals surface area contributed by atoms with Gasteiger partial charge in [0.05, 0.1) is 32.8 Å². The summed E-state index contributed by atoms with van der Waals surface area (Å²) in [5, 5.41) is 0.328. The first kappa shape index (κ1) is 19.2. The second-order valence-corrected chi connectivity index (χ2v) is 8.32. The van der Waals surface area contributed by atoms with E-state index in [0.717, 1.165) is 26.1 Å². The summed E-state index contributed by atoms with van der Waals surface area (Å²) in [6.45, 7) is 3.51. The predicted molar refractivity (Wildman–Crippen MR) is 113 cm³/mol. The van der Waals surface area contributed by atoms with Crippen LogP contribution in [0.2, 0.25) is 0 Å². The number of hydrogen-bond acceptors (Lipinski definition) is 5. The van der Waals surface area contributed by atoms with E-state index in [0.29, 0.717) is 45.1 Å². The number of ketones is 1.